The van der Waals surface area contributed by atoms with Crippen LogP contribution in [0, 0.1) is 0 Å². The highest BCUT2D eigenvalue weighted by Gasteiger charge is 2.25. The summed E-state index contributed by atoms with van der Waals surface area (Å²) in [6.45, 7) is 0.338. The van der Waals surface area contributed by atoms with Crippen LogP contribution in [-0.2, 0) is 11.3 Å². The van der Waals surface area contributed by atoms with Crippen molar-refractivity contribution >= 4 is 16.7 Å². The first-order chi connectivity index (χ1) is 15.6. The Morgan fingerprint density at radius 2 is 1.78 bits per heavy atom. The maximum atomic E-state index is 13.6. The molecule has 1 unspecified atom stereocenters. The van der Waals surface area contributed by atoms with E-state index in [4.69, 9.17) is 4.74 Å². The zero-order valence-electron chi connectivity index (χ0n) is 18.2. The number of nitrogens with zero attached hydrogens (tertiary/aromatic N) is 2. The summed E-state index contributed by atoms with van der Waals surface area (Å²) in [5.41, 5.74) is 4.29. The lowest BCUT2D eigenvalue weighted by Gasteiger charge is -2.28. The maximum absolute atomic E-state index is 13.6. The Balaban J connectivity index is 1.77. The van der Waals surface area contributed by atoms with Crippen molar-refractivity contribution in [3.05, 3.63) is 102 Å². The highest BCUT2D eigenvalue weighted by atomic mass is 16.5. The van der Waals surface area contributed by atoms with Gasteiger partial charge in [0.15, 0.2) is 0 Å². The Hall–Kier alpha value is -3.54. The van der Waals surface area contributed by atoms with E-state index in [1.165, 1.54) is 0 Å². The van der Waals surface area contributed by atoms with E-state index < -0.39 is 0 Å². The second-order valence-corrected chi connectivity index (χ2v) is 7.71. The molecular weight excluding hydrogens is 400 g/mol. The molecule has 0 bridgehead atoms. The largest absolute Gasteiger partial charge is 0.392 e. The van der Waals surface area contributed by atoms with Crippen LogP contribution in [0.2, 0.25) is 0 Å². The molecule has 0 saturated carbocycles. The zero-order chi connectivity index (χ0) is 22.5. The highest BCUT2D eigenvalue weighted by molar-refractivity contribution is 6.11. The number of hydrogen-bond donors (Lipinski definition) is 1. The molecule has 0 fully saturated rings. The summed E-state index contributed by atoms with van der Waals surface area (Å²) < 4.78 is 5.40. The Morgan fingerprint density at radius 3 is 2.50 bits per heavy atom. The number of amides is 1. The minimum absolute atomic E-state index is 0.0124. The van der Waals surface area contributed by atoms with E-state index in [0.29, 0.717) is 12.2 Å². The summed E-state index contributed by atoms with van der Waals surface area (Å²) in [6, 6.07) is 25.0. The van der Waals surface area contributed by atoms with Crippen LogP contribution in [0.15, 0.2) is 85.1 Å². The fourth-order valence-corrected chi connectivity index (χ4v) is 4.03. The van der Waals surface area contributed by atoms with Gasteiger partial charge in [-0.3, -0.25) is 9.78 Å². The molecule has 0 aliphatic heterocycles. The fourth-order valence-electron chi connectivity index (χ4n) is 4.03. The van der Waals surface area contributed by atoms with Crippen molar-refractivity contribution in [1.29, 1.82) is 0 Å². The van der Waals surface area contributed by atoms with Gasteiger partial charge in [0, 0.05) is 25.9 Å². The summed E-state index contributed by atoms with van der Waals surface area (Å²) in [6.07, 6.45) is 1.72. The van der Waals surface area contributed by atoms with Crippen LogP contribution < -0.4 is 0 Å². The van der Waals surface area contributed by atoms with Gasteiger partial charge in [0.1, 0.15) is 0 Å². The summed E-state index contributed by atoms with van der Waals surface area (Å²) in [5.74, 6) is -0.0930. The molecule has 32 heavy (non-hydrogen) atoms. The van der Waals surface area contributed by atoms with Crippen molar-refractivity contribution in [2.75, 3.05) is 20.8 Å². The second-order valence-electron chi connectivity index (χ2n) is 7.71. The number of rotatable bonds is 7. The van der Waals surface area contributed by atoms with E-state index in [-0.39, 0.29) is 18.6 Å². The van der Waals surface area contributed by atoms with Crippen molar-refractivity contribution in [3.8, 4) is 11.1 Å². The van der Waals surface area contributed by atoms with Gasteiger partial charge in [-0.25, -0.2) is 0 Å². The number of ether oxygens (including phenoxy) is 1. The SMILES string of the molecule is COCC(c1ccccn1)N(C)C(=O)c1ccc(-c2cccc(CO)c2)c2ccccc12. The predicted molar refractivity (Wildman–Crippen MR) is 126 cm³/mol. The van der Waals surface area contributed by atoms with Gasteiger partial charge in [-0.2, -0.15) is 0 Å². The Labute approximate surface area is 187 Å². The number of methoxy groups -OCH3 is 1. The number of fused-ring (bicyclic) bond motifs is 1. The molecule has 1 aromatic heterocycles. The van der Waals surface area contributed by atoms with Crippen molar-refractivity contribution < 1.29 is 14.6 Å². The molecule has 162 valence electrons. The second kappa shape index (κ2) is 9.73. The number of aliphatic hydroxyl groups is 1. The Kier molecular flexibility index (Phi) is 6.59. The van der Waals surface area contributed by atoms with E-state index in [1.807, 2.05) is 78.9 Å². The van der Waals surface area contributed by atoms with Crippen LogP contribution in [0.3, 0.4) is 0 Å². The molecule has 3 aromatic carbocycles. The van der Waals surface area contributed by atoms with Crippen LogP contribution in [0.25, 0.3) is 21.9 Å². The number of aliphatic hydroxyl groups excluding tert-OH is 1. The maximum Gasteiger partial charge on any atom is 0.254 e. The predicted octanol–water partition coefficient (Wildman–Crippen LogP) is 4.85. The number of hydrogen-bond acceptors (Lipinski definition) is 4. The van der Waals surface area contributed by atoms with E-state index in [0.717, 1.165) is 33.2 Å². The topological polar surface area (TPSA) is 62.7 Å². The van der Waals surface area contributed by atoms with Gasteiger partial charge >= 0.3 is 0 Å². The molecule has 0 radical (unpaired) electrons. The van der Waals surface area contributed by atoms with E-state index in [1.54, 1.807) is 25.3 Å². The van der Waals surface area contributed by atoms with Crippen molar-refractivity contribution in [3.63, 3.8) is 0 Å². The summed E-state index contributed by atoms with van der Waals surface area (Å²) in [4.78, 5) is 19.7. The van der Waals surface area contributed by atoms with Gasteiger partial charge in [-0.1, -0.05) is 54.6 Å². The summed E-state index contributed by atoms with van der Waals surface area (Å²) in [5, 5.41) is 11.4. The monoisotopic (exact) mass is 426 g/mol. The first-order valence-corrected chi connectivity index (χ1v) is 10.5. The van der Waals surface area contributed by atoms with Gasteiger partial charge in [-0.15, -0.1) is 0 Å². The first kappa shape index (κ1) is 21.7. The van der Waals surface area contributed by atoms with Gasteiger partial charge in [0.05, 0.1) is 24.9 Å². The van der Waals surface area contributed by atoms with Gasteiger partial charge < -0.3 is 14.7 Å². The number of pyridine rings is 1. The lowest BCUT2D eigenvalue weighted by atomic mass is 9.93. The third kappa shape index (κ3) is 4.26. The van der Waals surface area contributed by atoms with Crippen LogP contribution in [0.5, 0.6) is 0 Å². The standard InChI is InChI=1S/C27H26N2O3/c1-29(26(18-32-2)25-12-5-6-15-28-25)27(31)24-14-13-21(22-10-3-4-11-23(22)24)20-9-7-8-19(16-20)17-30/h3-16,26,30H,17-18H2,1-2H3. The van der Waals surface area contributed by atoms with Crippen LogP contribution in [0.4, 0.5) is 0 Å². The molecule has 1 atom stereocenters. The normalized spacial score (nSPS) is 12.0. The smallest absolute Gasteiger partial charge is 0.254 e. The molecule has 5 nitrogen and oxygen atoms in total. The molecule has 5 heteroatoms. The molecule has 0 spiro atoms. The molecule has 1 heterocycles. The molecule has 4 aromatic rings. The lowest BCUT2D eigenvalue weighted by Crippen LogP contribution is -2.34. The molecule has 0 aliphatic carbocycles. The first-order valence-electron chi connectivity index (χ1n) is 10.5. The molecule has 0 saturated heterocycles. The number of aromatic nitrogens is 1. The van der Waals surface area contributed by atoms with Crippen molar-refractivity contribution in [2.45, 2.75) is 12.6 Å². The number of likely N-dealkylation sites (N-methyl/N-ethyl adjacent to an activating group) is 1. The molecule has 1 N–H and O–H groups in total. The van der Waals surface area contributed by atoms with Gasteiger partial charge in [-0.05, 0) is 51.7 Å². The third-order valence-corrected chi connectivity index (χ3v) is 5.72. The molecule has 1 amide bonds. The summed E-state index contributed by atoms with van der Waals surface area (Å²) in [7, 11) is 3.41. The fraction of sp³-hybridized carbons (Fsp3) is 0.185. The van der Waals surface area contributed by atoms with E-state index in [2.05, 4.69) is 4.98 Å². The van der Waals surface area contributed by atoms with E-state index >= 15 is 0 Å². The average molecular weight is 427 g/mol. The van der Waals surface area contributed by atoms with E-state index in [9.17, 15) is 9.90 Å². The number of carbonyl (C=O) groups excluding carboxylic acids is 1. The molecule has 0 aliphatic rings. The van der Waals surface area contributed by atoms with Gasteiger partial charge in [0.2, 0.25) is 0 Å². The third-order valence-electron chi connectivity index (χ3n) is 5.72. The Morgan fingerprint density at radius 1 is 1.00 bits per heavy atom. The highest BCUT2D eigenvalue weighted by Crippen LogP contribution is 2.32. The Bertz CT molecular complexity index is 1220. The molecule has 4 rings (SSSR count). The van der Waals surface area contributed by atoms with Crippen molar-refractivity contribution in [1.82, 2.24) is 9.88 Å². The summed E-state index contributed by atoms with van der Waals surface area (Å²) >= 11 is 0. The number of carbonyl (C=O) groups is 1. The zero-order valence-corrected chi connectivity index (χ0v) is 18.2. The average Bonchev–Trinajstić information content (AvgIpc) is 2.86. The minimum Gasteiger partial charge on any atom is -0.392 e. The quantitative estimate of drug-likeness (QED) is 0.459. The van der Waals surface area contributed by atoms with Gasteiger partial charge in [0.25, 0.3) is 5.91 Å². The van der Waals surface area contributed by atoms with Crippen LogP contribution in [0.1, 0.15) is 27.7 Å². The van der Waals surface area contributed by atoms with Crippen LogP contribution in [-0.4, -0.2) is 41.7 Å². The molecular formula is C27H26N2O3. The lowest BCUT2D eigenvalue weighted by molar-refractivity contribution is 0.0597. The van der Waals surface area contributed by atoms with Crippen LogP contribution >= 0.6 is 0 Å². The number of benzene rings is 3. The van der Waals surface area contributed by atoms with Crippen molar-refractivity contribution in [2.24, 2.45) is 0 Å². The minimum atomic E-state index is -0.298.